The van der Waals surface area contributed by atoms with Crippen LogP contribution in [-0.4, -0.2) is 28.7 Å². The van der Waals surface area contributed by atoms with Crippen LogP contribution in [0.3, 0.4) is 0 Å². The number of carbonyl (C=O) groups is 1. The van der Waals surface area contributed by atoms with Crippen LogP contribution in [0.25, 0.3) is 0 Å². The van der Waals surface area contributed by atoms with Crippen molar-refractivity contribution in [3.63, 3.8) is 0 Å². The monoisotopic (exact) mass is 277 g/mol. The van der Waals surface area contributed by atoms with E-state index in [4.69, 9.17) is 10.5 Å². The standard InChI is InChI=1S/C11H14F3N3O2/c1-3-19-10(18)8-6(2)16-7(17-9(8)15)4-5-11(12,13)14/h3-5H2,1-2H3,(H2,15,16,17). The molecule has 19 heavy (non-hydrogen) atoms. The SMILES string of the molecule is CCOC(=O)c1c(C)nc(CCC(F)(F)F)nc1N. The molecule has 0 unspecified atom stereocenters. The van der Waals surface area contributed by atoms with E-state index in [1.165, 1.54) is 6.92 Å². The summed E-state index contributed by atoms with van der Waals surface area (Å²) in [6.07, 6.45) is -5.70. The first-order valence-corrected chi connectivity index (χ1v) is 5.61. The number of nitrogen functional groups attached to an aromatic ring is 1. The van der Waals surface area contributed by atoms with Crippen molar-refractivity contribution in [2.75, 3.05) is 12.3 Å². The van der Waals surface area contributed by atoms with Gasteiger partial charge in [-0.2, -0.15) is 13.2 Å². The van der Waals surface area contributed by atoms with Crippen molar-refractivity contribution >= 4 is 11.8 Å². The molecule has 2 N–H and O–H groups in total. The van der Waals surface area contributed by atoms with E-state index < -0.39 is 18.6 Å². The molecule has 0 spiro atoms. The van der Waals surface area contributed by atoms with E-state index in [1.807, 2.05) is 0 Å². The predicted molar refractivity (Wildman–Crippen MR) is 61.5 cm³/mol. The van der Waals surface area contributed by atoms with Gasteiger partial charge in [-0.1, -0.05) is 0 Å². The Balaban J connectivity index is 2.94. The third-order valence-corrected chi connectivity index (χ3v) is 2.28. The number of halogens is 3. The number of rotatable bonds is 4. The molecule has 8 heteroatoms. The van der Waals surface area contributed by atoms with E-state index in [0.29, 0.717) is 0 Å². The van der Waals surface area contributed by atoms with Crippen LogP contribution in [0.1, 0.15) is 35.2 Å². The van der Waals surface area contributed by atoms with Crippen LogP contribution < -0.4 is 5.73 Å². The molecule has 1 aromatic heterocycles. The Morgan fingerprint density at radius 3 is 2.47 bits per heavy atom. The lowest BCUT2D eigenvalue weighted by molar-refractivity contribution is -0.134. The number of anilines is 1. The smallest absolute Gasteiger partial charge is 0.389 e. The Kier molecular flexibility index (Phi) is 4.68. The molecule has 0 amide bonds. The number of aryl methyl sites for hydroxylation is 2. The van der Waals surface area contributed by atoms with Gasteiger partial charge in [-0.05, 0) is 13.8 Å². The molecule has 0 saturated carbocycles. The third kappa shape index (κ3) is 4.38. The van der Waals surface area contributed by atoms with E-state index in [1.54, 1.807) is 6.92 Å². The number of ether oxygens (including phenoxy) is 1. The maximum absolute atomic E-state index is 12.1. The Morgan fingerprint density at radius 1 is 1.37 bits per heavy atom. The molecule has 0 bridgehead atoms. The highest BCUT2D eigenvalue weighted by Crippen LogP contribution is 2.22. The molecule has 0 fully saturated rings. The lowest BCUT2D eigenvalue weighted by Crippen LogP contribution is -2.16. The van der Waals surface area contributed by atoms with E-state index in [-0.39, 0.29) is 35.9 Å². The quantitative estimate of drug-likeness (QED) is 0.852. The molecule has 0 saturated heterocycles. The van der Waals surface area contributed by atoms with Crippen molar-refractivity contribution in [1.29, 1.82) is 0 Å². The van der Waals surface area contributed by atoms with Gasteiger partial charge in [0.05, 0.1) is 18.7 Å². The Hall–Kier alpha value is -1.86. The van der Waals surface area contributed by atoms with Crippen LogP contribution >= 0.6 is 0 Å². The fourth-order valence-electron chi connectivity index (χ4n) is 1.48. The van der Waals surface area contributed by atoms with Crippen LogP contribution in [0.4, 0.5) is 19.0 Å². The first-order valence-electron chi connectivity index (χ1n) is 5.61. The molecule has 0 aliphatic heterocycles. The summed E-state index contributed by atoms with van der Waals surface area (Å²) < 4.78 is 41.0. The van der Waals surface area contributed by atoms with E-state index in [0.717, 1.165) is 0 Å². The zero-order valence-electron chi connectivity index (χ0n) is 10.5. The van der Waals surface area contributed by atoms with E-state index >= 15 is 0 Å². The number of hydrogen-bond acceptors (Lipinski definition) is 5. The van der Waals surface area contributed by atoms with Crippen LogP contribution in [0.2, 0.25) is 0 Å². The van der Waals surface area contributed by atoms with Crippen molar-refractivity contribution in [2.24, 2.45) is 0 Å². The van der Waals surface area contributed by atoms with Gasteiger partial charge in [0.1, 0.15) is 17.2 Å². The highest BCUT2D eigenvalue weighted by atomic mass is 19.4. The minimum Gasteiger partial charge on any atom is -0.462 e. The lowest BCUT2D eigenvalue weighted by Gasteiger charge is -2.10. The Labute approximate surface area is 108 Å². The van der Waals surface area contributed by atoms with Gasteiger partial charge >= 0.3 is 12.1 Å². The number of nitrogens with zero attached hydrogens (tertiary/aromatic N) is 2. The van der Waals surface area contributed by atoms with Crippen LogP contribution in [0.5, 0.6) is 0 Å². The second-order valence-corrected chi connectivity index (χ2v) is 3.82. The lowest BCUT2D eigenvalue weighted by atomic mass is 10.2. The number of alkyl halides is 3. The molecule has 1 aromatic rings. The highest BCUT2D eigenvalue weighted by molar-refractivity contribution is 5.95. The number of hydrogen-bond donors (Lipinski definition) is 1. The molecule has 1 heterocycles. The summed E-state index contributed by atoms with van der Waals surface area (Å²) in [7, 11) is 0. The Bertz CT molecular complexity index is 452. The number of aromatic nitrogens is 2. The summed E-state index contributed by atoms with van der Waals surface area (Å²) in [6.45, 7) is 3.26. The minimum absolute atomic E-state index is 0.00221. The van der Waals surface area contributed by atoms with Gasteiger partial charge in [-0.3, -0.25) is 0 Å². The second-order valence-electron chi connectivity index (χ2n) is 3.82. The molecule has 5 nitrogen and oxygen atoms in total. The van der Waals surface area contributed by atoms with Crippen molar-refractivity contribution in [1.82, 2.24) is 9.97 Å². The molecular formula is C11H14F3N3O2. The molecule has 0 aliphatic rings. The summed E-state index contributed by atoms with van der Waals surface area (Å²) in [5.74, 6) is -0.886. The van der Waals surface area contributed by atoms with Crippen molar-refractivity contribution < 1.29 is 22.7 Å². The zero-order valence-corrected chi connectivity index (χ0v) is 10.5. The maximum Gasteiger partial charge on any atom is 0.389 e. The fraction of sp³-hybridized carbons (Fsp3) is 0.545. The molecule has 1 rings (SSSR count). The van der Waals surface area contributed by atoms with Gasteiger partial charge < -0.3 is 10.5 Å². The first kappa shape index (κ1) is 15.2. The molecule has 0 atom stereocenters. The normalized spacial score (nSPS) is 11.4. The van der Waals surface area contributed by atoms with E-state index in [9.17, 15) is 18.0 Å². The molecule has 106 valence electrons. The molecule has 0 radical (unpaired) electrons. The van der Waals surface area contributed by atoms with Crippen molar-refractivity contribution in [3.05, 3.63) is 17.1 Å². The second kappa shape index (κ2) is 5.85. The first-order chi connectivity index (χ1) is 8.74. The summed E-state index contributed by atoms with van der Waals surface area (Å²) in [4.78, 5) is 19.1. The number of carbonyl (C=O) groups excluding carboxylic acids is 1. The molecule has 0 aromatic carbocycles. The zero-order chi connectivity index (χ0) is 14.6. The van der Waals surface area contributed by atoms with Crippen molar-refractivity contribution in [2.45, 2.75) is 32.9 Å². The summed E-state index contributed by atoms with van der Waals surface area (Å²) in [6, 6.07) is 0. The summed E-state index contributed by atoms with van der Waals surface area (Å²) >= 11 is 0. The van der Waals surface area contributed by atoms with Crippen LogP contribution in [0, 0.1) is 6.92 Å². The van der Waals surface area contributed by atoms with Gasteiger partial charge in [-0.25, -0.2) is 14.8 Å². The van der Waals surface area contributed by atoms with Gasteiger partial charge in [0.25, 0.3) is 0 Å². The average molecular weight is 277 g/mol. The van der Waals surface area contributed by atoms with E-state index in [2.05, 4.69) is 9.97 Å². The third-order valence-electron chi connectivity index (χ3n) is 2.28. The summed E-state index contributed by atoms with van der Waals surface area (Å²) in [5.41, 5.74) is 5.77. The van der Waals surface area contributed by atoms with Crippen LogP contribution in [0.15, 0.2) is 0 Å². The van der Waals surface area contributed by atoms with Gasteiger partial charge in [0, 0.05) is 6.42 Å². The highest BCUT2D eigenvalue weighted by Gasteiger charge is 2.27. The largest absolute Gasteiger partial charge is 0.462 e. The van der Waals surface area contributed by atoms with Gasteiger partial charge in [0.2, 0.25) is 0 Å². The maximum atomic E-state index is 12.1. The number of nitrogens with two attached hydrogens (primary N) is 1. The minimum atomic E-state index is -4.29. The van der Waals surface area contributed by atoms with Crippen molar-refractivity contribution in [3.8, 4) is 0 Å². The molecular weight excluding hydrogens is 263 g/mol. The predicted octanol–water partition coefficient (Wildman–Crippen LogP) is 2.04. The fourth-order valence-corrected chi connectivity index (χ4v) is 1.48. The average Bonchev–Trinajstić information content (AvgIpc) is 2.25. The van der Waals surface area contributed by atoms with Gasteiger partial charge in [0.15, 0.2) is 0 Å². The van der Waals surface area contributed by atoms with Gasteiger partial charge in [-0.15, -0.1) is 0 Å². The topological polar surface area (TPSA) is 78.1 Å². The number of esters is 1. The molecule has 0 aliphatic carbocycles. The Morgan fingerprint density at radius 2 is 2.00 bits per heavy atom. The van der Waals surface area contributed by atoms with Crippen LogP contribution in [-0.2, 0) is 11.2 Å². The summed E-state index contributed by atoms with van der Waals surface area (Å²) in [5, 5.41) is 0.